The van der Waals surface area contributed by atoms with Gasteiger partial charge in [-0.05, 0) is 23.8 Å². The molecule has 3 N–H and O–H groups in total. The van der Waals surface area contributed by atoms with E-state index < -0.39 is 0 Å². The Balaban J connectivity index is 2.14. The molecule has 100 valence electrons. The molecule has 0 radical (unpaired) electrons. The fourth-order valence-electron chi connectivity index (χ4n) is 1.92. The second-order valence-corrected chi connectivity index (χ2v) is 4.17. The quantitative estimate of drug-likeness (QED) is 0.869. The van der Waals surface area contributed by atoms with E-state index in [0.717, 1.165) is 17.0 Å². The summed E-state index contributed by atoms with van der Waals surface area (Å²) in [5, 5.41) is 3.18. The Labute approximate surface area is 112 Å². The predicted molar refractivity (Wildman–Crippen MR) is 74.6 cm³/mol. The molecule has 3 nitrogen and oxygen atoms in total. The number of rotatable bonds is 5. The van der Waals surface area contributed by atoms with Gasteiger partial charge in [0.05, 0.1) is 7.11 Å². The fourth-order valence-corrected chi connectivity index (χ4v) is 1.92. The van der Waals surface area contributed by atoms with Crippen LogP contribution in [0.3, 0.4) is 0 Å². The Morgan fingerprint density at radius 1 is 1.21 bits per heavy atom. The first-order valence-electron chi connectivity index (χ1n) is 6.09. The fraction of sp³-hybridized carbons (Fsp3) is 0.200. The number of hydrogen-bond donors (Lipinski definition) is 2. The van der Waals surface area contributed by atoms with Gasteiger partial charge in [-0.2, -0.15) is 0 Å². The highest BCUT2D eigenvalue weighted by atomic mass is 19.1. The molecule has 0 atom stereocenters. The van der Waals surface area contributed by atoms with E-state index in [1.54, 1.807) is 13.2 Å². The van der Waals surface area contributed by atoms with Crippen LogP contribution in [0.1, 0.15) is 11.1 Å². The Kier molecular flexibility index (Phi) is 4.36. The highest BCUT2D eigenvalue weighted by Gasteiger charge is 2.07. The molecule has 0 aliphatic heterocycles. The number of hydrogen-bond acceptors (Lipinski definition) is 3. The van der Waals surface area contributed by atoms with Gasteiger partial charge in [-0.15, -0.1) is 0 Å². The Hall–Kier alpha value is -2.07. The number of nitrogens with one attached hydrogen (secondary N) is 1. The van der Waals surface area contributed by atoms with Crippen LogP contribution >= 0.6 is 0 Å². The molecule has 2 aromatic rings. The summed E-state index contributed by atoms with van der Waals surface area (Å²) in [6.07, 6.45) is 0. The van der Waals surface area contributed by atoms with Crippen molar-refractivity contribution in [3.8, 4) is 5.75 Å². The predicted octanol–water partition coefficient (Wildman–Crippen LogP) is 2.91. The van der Waals surface area contributed by atoms with E-state index in [2.05, 4.69) is 5.32 Å². The molecular weight excluding hydrogens is 243 g/mol. The molecule has 0 saturated carbocycles. The zero-order valence-electron chi connectivity index (χ0n) is 10.8. The van der Waals surface area contributed by atoms with Gasteiger partial charge in [-0.1, -0.05) is 18.2 Å². The van der Waals surface area contributed by atoms with Gasteiger partial charge < -0.3 is 15.8 Å². The van der Waals surface area contributed by atoms with E-state index in [9.17, 15) is 4.39 Å². The van der Waals surface area contributed by atoms with E-state index >= 15 is 0 Å². The second-order valence-electron chi connectivity index (χ2n) is 4.17. The second kappa shape index (κ2) is 6.20. The first kappa shape index (κ1) is 13.4. The number of nitrogens with two attached hydrogens (primary N) is 1. The lowest BCUT2D eigenvalue weighted by molar-refractivity contribution is 0.415. The van der Waals surface area contributed by atoms with Crippen molar-refractivity contribution in [3.63, 3.8) is 0 Å². The molecule has 0 heterocycles. The molecule has 0 unspecified atom stereocenters. The summed E-state index contributed by atoms with van der Waals surface area (Å²) >= 11 is 0. The lowest BCUT2D eigenvalue weighted by Crippen LogP contribution is -2.08. The van der Waals surface area contributed by atoms with Crippen LogP contribution < -0.4 is 15.8 Å². The number of anilines is 1. The van der Waals surface area contributed by atoms with Crippen LogP contribution in [0.25, 0.3) is 0 Å². The molecule has 0 amide bonds. The molecule has 0 bridgehead atoms. The van der Waals surface area contributed by atoms with E-state index in [-0.39, 0.29) is 5.82 Å². The summed E-state index contributed by atoms with van der Waals surface area (Å²) in [5.74, 6) is 0.524. The van der Waals surface area contributed by atoms with Gasteiger partial charge >= 0.3 is 0 Å². The van der Waals surface area contributed by atoms with Crippen molar-refractivity contribution in [1.29, 1.82) is 0 Å². The summed E-state index contributed by atoms with van der Waals surface area (Å²) in [4.78, 5) is 0. The van der Waals surface area contributed by atoms with E-state index in [4.69, 9.17) is 10.5 Å². The van der Waals surface area contributed by atoms with Crippen molar-refractivity contribution >= 4 is 5.69 Å². The average molecular weight is 260 g/mol. The van der Waals surface area contributed by atoms with Crippen LogP contribution in [0.4, 0.5) is 10.1 Å². The summed E-state index contributed by atoms with van der Waals surface area (Å²) in [5.41, 5.74) is 7.92. The van der Waals surface area contributed by atoms with Gasteiger partial charge in [0.25, 0.3) is 0 Å². The molecule has 0 aromatic heterocycles. The molecule has 0 aliphatic rings. The van der Waals surface area contributed by atoms with Crippen LogP contribution in [0.2, 0.25) is 0 Å². The number of methoxy groups -OCH3 is 1. The molecule has 0 fully saturated rings. The summed E-state index contributed by atoms with van der Waals surface area (Å²) < 4.78 is 18.9. The zero-order chi connectivity index (χ0) is 13.7. The van der Waals surface area contributed by atoms with E-state index in [1.807, 2.05) is 30.3 Å². The highest BCUT2D eigenvalue weighted by molar-refractivity contribution is 5.49. The average Bonchev–Trinajstić information content (AvgIpc) is 2.46. The SMILES string of the molecule is COc1cccc(NCc2c(F)cccc2CN)c1. The van der Waals surface area contributed by atoms with Crippen molar-refractivity contribution in [1.82, 2.24) is 0 Å². The largest absolute Gasteiger partial charge is 0.497 e. The van der Waals surface area contributed by atoms with Gasteiger partial charge in [0, 0.05) is 30.4 Å². The number of benzene rings is 2. The summed E-state index contributed by atoms with van der Waals surface area (Å²) in [7, 11) is 1.61. The lowest BCUT2D eigenvalue weighted by Gasteiger charge is -2.12. The van der Waals surface area contributed by atoms with Gasteiger partial charge in [0.15, 0.2) is 0 Å². The maximum Gasteiger partial charge on any atom is 0.128 e. The van der Waals surface area contributed by atoms with Crippen LogP contribution in [-0.2, 0) is 13.1 Å². The van der Waals surface area contributed by atoms with Gasteiger partial charge in [-0.25, -0.2) is 4.39 Å². The minimum atomic E-state index is -0.238. The Morgan fingerprint density at radius 2 is 2.00 bits per heavy atom. The van der Waals surface area contributed by atoms with E-state index in [0.29, 0.717) is 18.7 Å². The Morgan fingerprint density at radius 3 is 2.74 bits per heavy atom. The molecule has 0 aliphatic carbocycles. The normalized spacial score (nSPS) is 10.3. The molecule has 0 spiro atoms. The minimum absolute atomic E-state index is 0.238. The van der Waals surface area contributed by atoms with E-state index in [1.165, 1.54) is 6.07 Å². The highest BCUT2D eigenvalue weighted by Crippen LogP contribution is 2.19. The van der Waals surface area contributed by atoms with Crippen LogP contribution in [0, 0.1) is 5.82 Å². The maximum atomic E-state index is 13.8. The monoisotopic (exact) mass is 260 g/mol. The van der Waals surface area contributed by atoms with Crippen molar-refractivity contribution in [2.75, 3.05) is 12.4 Å². The first-order valence-corrected chi connectivity index (χ1v) is 6.09. The maximum absolute atomic E-state index is 13.8. The topological polar surface area (TPSA) is 47.3 Å². The third-order valence-electron chi connectivity index (χ3n) is 2.97. The third kappa shape index (κ3) is 3.23. The van der Waals surface area contributed by atoms with Gasteiger partial charge in [0.1, 0.15) is 11.6 Å². The van der Waals surface area contributed by atoms with Crippen molar-refractivity contribution in [2.45, 2.75) is 13.1 Å². The van der Waals surface area contributed by atoms with Gasteiger partial charge in [0.2, 0.25) is 0 Å². The third-order valence-corrected chi connectivity index (χ3v) is 2.97. The van der Waals surface area contributed by atoms with Gasteiger partial charge in [-0.3, -0.25) is 0 Å². The van der Waals surface area contributed by atoms with Crippen LogP contribution in [0.5, 0.6) is 5.75 Å². The molecule has 2 aromatic carbocycles. The van der Waals surface area contributed by atoms with Crippen LogP contribution in [0.15, 0.2) is 42.5 Å². The smallest absolute Gasteiger partial charge is 0.128 e. The van der Waals surface area contributed by atoms with Crippen LogP contribution in [-0.4, -0.2) is 7.11 Å². The summed E-state index contributed by atoms with van der Waals surface area (Å²) in [6.45, 7) is 0.721. The molecule has 0 saturated heterocycles. The molecular formula is C15H17FN2O. The van der Waals surface area contributed by atoms with Crippen molar-refractivity contribution in [2.24, 2.45) is 5.73 Å². The first-order chi connectivity index (χ1) is 9.24. The number of ether oxygens (including phenoxy) is 1. The number of halogens is 1. The van der Waals surface area contributed by atoms with Crippen molar-refractivity contribution in [3.05, 3.63) is 59.4 Å². The molecule has 2 rings (SSSR count). The Bertz CT molecular complexity index is 558. The standard InChI is InChI=1S/C15H17FN2O/c1-19-13-6-3-5-12(8-13)18-10-14-11(9-17)4-2-7-15(14)16/h2-8,18H,9-10,17H2,1H3. The molecule has 19 heavy (non-hydrogen) atoms. The lowest BCUT2D eigenvalue weighted by atomic mass is 10.1. The summed E-state index contributed by atoms with van der Waals surface area (Å²) in [6, 6.07) is 12.5. The minimum Gasteiger partial charge on any atom is -0.497 e. The molecule has 4 heteroatoms. The van der Waals surface area contributed by atoms with Crippen molar-refractivity contribution < 1.29 is 9.13 Å². The zero-order valence-corrected chi connectivity index (χ0v) is 10.8.